The molecule has 0 bridgehead atoms. The summed E-state index contributed by atoms with van der Waals surface area (Å²) < 4.78 is 0. The summed E-state index contributed by atoms with van der Waals surface area (Å²) >= 11 is 11.9. The molecule has 1 aromatic rings. The number of nitrogens with one attached hydrogen (secondary N) is 1. The lowest BCUT2D eigenvalue weighted by Crippen LogP contribution is -3.17. The SMILES string of the molecule is NC(=O)C1CC[NH+]([C@@H]2CC(=O)N(c3cc(Cl)cc(Cl)c3)C2=O)CC1. The van der Waals surface area contributed by atoms with Crippen LogP contribution in [0.4, 0.5) is 5.69 Å². The minimum atomic E-state index is -0.427. The number of anilines is 1. The predicted octanol–water partition coefficient (Wildman–Crippen LogP) is 0.406. The highest BCUT2D eigenvalue weighted by atomic mass is 35.5. The summed E-state index contributed by atoms with van der Waals surface area (Å²) in [5.74, 6) is -0.930. The topological polar surface area (TPSA) is 84.9 Å². The van der Waals surface area contributed by atoms with E-state index in [0.717, 1.165) is 9.80 Å². The Bertz CT molecular complexity index is 682. The van der Waals surface area contributed by atoms with Gasteiger partial charge in [0, 0.05) is 28.8 Å². The van der Waals surface area contributed by atoms with Crippen molar-refractivity contribution >= 4 is 46.6 Å². The van der Waals surface area contributed by atoms with E-state index in [1.54, 1.807) is 18.2 Å². The zero-order valence-corrected chi connectivity index (χ0v) is 14.4. The summed E-state index contributed by atoms with van der Waals surface area (Å²) in [6.07, 6.45) is 1.44. The van der Waals surface area contributed by atoms with Crippen molar-refractivity contribution in [3.63, 3.8) is 0 Å². The van der Waals surface area contributed by atoms with Crippen molar-refractivity contribution in [2.75, 3.05) is 18.0 Å². The number of amides is 3. The number of carbonyl (C=O) groups is 3. The third-order valence-electron chi connectivity index (χ3n) is 4.78. The minimum Gasteiger partial charge on any atom is -0.369 e. The quantitative estimate of drug-likeness (QED) is 0.755. The van der Waals surface area contributed by atoms with E-state index in [4.69, 9.17) is 28.9 Å². The lowest BCUT2D eigenvalue weighted by Gasteiger charge is -2.30. The fourth-order valence-corrected chi connectivity index (χ4v) is 4.03. The largest absolute Gasteiger partial charge is 0.369 e. The maximum Gasteiger partial charge on any atom is 0.292 e. The Morgan fingerprint density at radius 2 is 1.71 bits per heavy atom. The maximum absolute atomic E-state index is 12.8. The first-order chi connectivity index (χ1) is 11.4. The first kappa shape index (κ1) is 17.2. The van der Waals surface area contributed by atoms with Crippen molar-refractivity contribution in [3.8, 4) is 0 Å². The summed E-state index contributed by atoms with van der Waals surface area (Å²) in [7, 11) is 0. The third kappa shape index (κ3) is 3.27. The van der Waals surface area contributed by atoms with Crippen LogP contribution in [0, 0.1) is 5.92 Å². The maximum atomic E-state index is 12.8. The Morgan fingerprint density at radius 3 is 2.25 bits per heavy atom. The first-order valence-electron chi connectivity index (χ1n) is 7.83. The number of hydrogen-bond acceptors (Lipinski definition) is 3. The molecule has 6 nitrogen and oxygen atoms in total. The van der Waals surface area contributed by atoms with Gasteiger partial charge in [-0.25, -0.2) is 4.90 Å². The molecule has 2 aliphatic heterocycles. The second-order valence-electron chi connectivity index (χ2n) is 6.29. The molecule has 1 aromatic carbocycles. The van der Waals surface area contributed by atoms with Crippen LogP contribution in [-0.4, -0.2) is 36.9 Å². The molecule has 0 aromatic heterocycles. The monoisotopic (exact) mass is 370 g/mol. The molecule has 0 spiro atoms. The Kier molecular flexibility index (Phi) is 4.80. The summed E-state index contributed by atoms with van der Waals surface area (Å²) in [5.41, 5.74) is 5.74. The number of hydrogen-bond donors (Lipinski definition) is 2. The van der Waals surface area contributed by atoms with Crippen molar-refractivity contribution < 1.29 is 19.3 Å². The molecule has 2 aliphatic rings. The molecule has 0 radical (unpaired) electrons. The fourth-order valence-electron chi connectivity index (χ4n) is 3.51. The molecule has 2 fully saturated rings. The average Bonchev–Trinajstić information content (AvgIpc) is 2.81. The summed E-state index contributed by atoms with van der Waals surface area (Å²) in [5, 5.41) is 0.743. The van der Waals surface area contributed by atoms with Crippen molar-refractivity contribution in [1.82, 2.24) is 0 Å². The Balaban J connectivity index is 1.76. The number of halogens is 2. The smallest absolute Gasteiger partial charge is 0.292 e. The average molecular weight is 371 g/mol. The van der Waals surface area contributed by atoms with Gasteiger partial charge in [0.25, 0.3) is 5.91 Å². The molecular formula is C16H18Cl2N3O3+. The van der Waals surface area contributed by atoms with Gasteiger partial charge in [0.1, 0.15) is 0 Å². The summed E-state index contributed by atoms with van der Waals surface area (Å²) in [6.45, 7) is 1.31. The lowest BCUT2D eigenvalue weighted by atomic mass is 9.95. The molecular weight excluding hydrogens is 353 g/mol. The molecule has 3 rings (SSSR count). The van der Waals surface area contributed by atoms with Crippen LogP contribution in [-0.2, 0) is 14.4 Å². The van der Waals surface area contributed by atoms with Gasteiger partial charge >= 0.3 is 0 Å². The van der Waals surface area contributed by atoms with Gasteiger partial charge in [0.15, 0.2) is 6.04 Å². The van der Waals surface area contributed by atoms with Gasteiger partial charge in [0.05, 0.1) is 25.2 Å². The second kappa shape index (κ2) is 6.70. The van der Waals surface area contributed by atoms with Crippen molar-refractivity contribution in [3.05, 3.63) is 28.2 Å². The van der Waals surface area contributed by atoms with E-state index >= 15 is 0 Å². The van der Waals surface area contributed by atoms with Crippen molar-refractivity contribution in [1.29, 1.82) is 0 Å². The van der Waals surface area contributed by atoms with Crippen LogP contribution in [0.3, 0.4) is 0 Å². The van der Waals surface area contributed by atoms with Gasteiger partial charge in [-0.2, -0.15) is 0 Å². The zero-order chi connectivity index (χ0) is 17.4. The highest BCUT2D eigenvalue weighted by molar-refractivity contribution is 6.35. The normalized spacial score (nSPS) is 27.6. The Hall–Kier alpha value is -1.63. The summed E-state index contributed by atoms with van der Waals surface area (Å²) in [6, 6.07) is 4.24. The van der Waals surface area contributed by atoms with Crippen molar-refractivity contribution in [2.45, 2.75) is 25.3 Å². The molecule has 24 heavy (non-hydrogen) atoms. The van der Waals surface area contributed by atoms with Crippen LogP contribution < -0.4 is 15.5 Å². The van der Waals surface area contributed by atoms with Crippen LogP contribution in [0.5, 0.6) is 0 Å². The number of quaternary nitrogens is 1. The Labute approximate surface area is 149 Å². The van der Waals surface area contributed by atoms with Gasteiger partial charge in [-0.3, -0.25) is 14.4 Å². The van der Waals surface area contributed by atoms with E-state index in [9.17, 15) is 14.4 Å². The number of imide groups is 1. The minimum absolute atomic E-state index is 0.135. The van der Waals surface area contributed by atoms with Crippen LogP contribution in [0.2, 0.25) is 10.0 Å². The molecule has 2 heterocycles. The fraction of sp³-hybridized carbons (Fsp3) is 0.438. The van der Waals surface area contributed by atoms with E-state index in [2.05, 4.69) is 0 Å². The van der Waals surface area contributed by atoms with Gasteiger partial charge in [-0.05, 0) is 18.2 Å². The van der Waals surface area contributed by atoms with Crippen LogP contribution in [0.25, 0.3) is 0 Å². The number of nitrogens with two attached hydrogens (primary N) is 1. The zero-order valence-electron chi connectivity index (χ0n) is 12.9. The van der Waals surface area contributed by atoms with E-state index in [1.165, 1.54) is 0 Å². The van der Waals surface area contributed by atoms with Crippen LogP contribution in [0.15, 0.2) is 18.2 Å². The van der Waals surface area contributed by atoms with E-state index in [-0.39, 0.29) is 30.1 Å². The van der Waals surface area contributed by atoms with E-state index in [1.807, 2.05) is 0 Å². The molecule has 128 valence electrons. The number of rotatable bonds is 3. The number of benzene rings is 1. The predicted molar refractivity (Wildman–Crippen MR) is 90.0 cm³/mol. The van der Waals surface area contributed by atoms with Gasteiger partial charge in [-0.1, -0.05) is 23.2 Å². The third-order valence-corrected chi connectivity index (χ3v) is 5.21. The van der Waals surface area contributed by atoms with Gasteiger partial charge < -0.3 is 10.6 Å². The van der Waals surface area contributed by atoms with Crippen LogP contribution in [0.1, 0.15) is 19.3 Å². The molecule has 3 N–H and O–H groups in total. The number of piperidine rings is 1. The standard InChI is InChI=1S/C16H17Cl2N3O3/c17-10-5-11(18)7-12(6-10)21-14(22)8-13(16(21)24)20-3-1-9(2-4-20)15(19)23/h5-7,9,13H,1-4,8H2,(H2,19,23)/p+1/t13-/m1/s1. The number of likely N-dealkylation sites (tertiary alicyclic amines) is 1. The highest BCUT2D eigenvalue weighted by Gasteiger charge is 2.46. The van der Waals surface area contributed by atoms with Gasteiger partial charge in [0.2, 0.25) is 11.8 Å². The lowest BCUT2D eigenvalue weighted by molar-refractivity contribution is -0.920. The number of nitrogens with zero attached hydrogens (tertiary/aromatic N) is 1. The first-order valence-corrected chi connectivity index (χ1v) is 8.59. The van der Waals surface area contributed by atoms with Crippen LogP contribution >= 0.6 is 23.2 Å². The van der Waals surface area contributed by atoms with Gasteiger partial charge in [-0.15, -0.1) is 0 Å². The number of primary amides is 1. The van der Waals surface area contributed by atoms with E-state index < -0.39 is 6.04 Å². The highest BCUT2D eigenvalue weighted by Crippen LogP contribution is 2.29. The Morgan fingerprint density at radius 1 is 1.12 bits per heavy atom. The summed E-state index contributed by atoms with van der Waals surface area (Å²) in [4.78, 5) is 38.6. The van der Waals surface area contributed by atoms with Crippen molar-refractivity contribution in [2.24, 2.45) is 11.7 Å². The molecule has 8 heteroatoms. The number of carbonyl (C=O) groups excluding carboxylic acids is 3. The second-order valence-corrected chi connectivity index (χ2v) is 7.16. The van der Waals surface area contributed by atoms with E-state index in [0.29, 0.717) is 41.7 Å². The molecule has 1 atom stereocenters. The molecule has 0 unspecified atom stereocenters. The molecule has 2 saturated heterocycles. The molecule has 0 aliphatic carbocycles. The molecule has 0 saturated carbocycles. The molecule has 3 amide bonds.